The number of benzene rings is 1. The summed E-state index contributed by atoms with van der Waals surface area (Å²) in [5, 5.41) is 3.05. The predicted molar refractivity (Wildman–Crippen MR) is 122 cm³/mol. The molecule has 1 aromatic carbocycles. The van der Waals surface area contributed by atoms with Gasteiger partial charge >= 0.3 is 0 Å². The van der Waals surface area contributed by atoms with Crippen LogP contribution in [-0.4, -0.2) is 29.8 Å². The largest absolute Gasteiger partial charge is 0.338 e. The standard InChI is InChI=1S/C25H39N3O2/c26-16-7-17-28(25(30)22-11-2-1-3-12-22)19-21-10-6-13-23(18-21)27-24(29)15-14-20-8-4-5-9-20/h6,10,13,18,20,22H,1-5,7-9,11-12,14-17,19,26H2,(H,27,29). The van der Waals surface area contributed by atoms with E-state index in [9.17, 15) is 9.59 Å². The van der Waals surface area contributed by atoms with Crippen molar-refractivity contribution in [3.05, 3.63) is 29.8 Å². The Morgan fingerprint density at radius 3 is 2.50 bits per heavy atom. The molecule has 0 bridgehead atoms. The molecule has 166 valence electrons. The molecule has 0 radical (unpaired) electrons. The van der Waals surface area contributed by atoms with Crippen molar-refractivity contribution in [1.29, 1.82) is 0 Å². The molecule has 2 fully saturated rings. The first kappa shape index (κ1) is 22.8. The molecule has 30 heavy (non-hydrogen) atoms. The SMILES string of the molecule is NCCCN(Cc1cccc(NC(=O)CCC2CCCC2)c1)C(=O)C1CCCCC1. The van der Waals surface area contributed by atoms with Gasteiger partial charge in [0, 0.05) is 31.1 Å². The zero-order valence-corrected chi connectivity index (χ0v) is 18.4. The Labute approximate surface area is 181 Å². The maximum absolute atomic E-state index is 13.1. The van der Waals surface area contributed by atoms with Crippen molar-refractivity contribution in [3.8, 4) is 0 Å². The second-order valence-electron chi connectivity index (χ2n) is 9.17. The van der Waals surface area contributed by atoms with E-state index in [2.05, 4.69) is 5.32 Å². The van der Waals surface area contributed by atoms with Crippen LogP contribution in [0.1, 0.15) is 82.6 Å². The van der Waals surface area contributed by atoms with Crippen LogP contribution >= 0.6 is 0 Å². The Bertz CT molecular complexity index is 679. The maximum Gasteiger partial charge on any atom is 0.225 e. The average Bonchev–Trinajstić information content (AvgIpc) is 3.29. The second kappa shape index (κ2) is 12.1. The van der Waals surface area contributed by atoms with Crippen LogP contribution in [0.4, 0.5) is 5.69 Å². The summed E-state index contributed by atoms with van der Waals surface area (Å²) in [5.74, 6) is 1.26. The zero-order chi connectivity index (χ0) is 21.2. The fourth-order valence-electron chi connectivity index (χ4n) is 4.98. The van der Waals surface area contributed by atoms with Crippen molar-refractivity contribution in [2.45, 2.75) is 83.6 Å². The third-order valence-corrected chi connectivity index (χ3v) is 6.74. The number of nitrogens with two attached hydrogens (primary N) is 1. The van der Waals surface area contributed by atoms with E-state index in [4.69, 9.17) is 5.73 Å². The van der Waals surface area contributed by atoms with E-state index in [0.717, 1.165) is 55.7 Å². The first-order valence-electron chi connectivity index (χ1n) is 12.0. The highest BCUT2D eigenvalue weighted by Crippen LogP contribution is 2.29. The summed E-state index contributed by atoms with van der Waals surface area (Å²) in [6.07, 6.45) is 13.2. The Morgan fingerprint density at radius 2 is 1.77 bits per heavy atom. The number of carbonyl (C=O) groups excluding carboxylic acids is 2. The van der Waals surface area contributed by atoms with Crippen LogP contribution in [0.5, 0.6) is 0 Å². The van der Waals surface area contributed by atoms with Gasteiger partial charge in [0.25, 0.3) is 0 Å². The molecule has 0 unspecified atom stereocenters. The Balaban J connectivity index is 1.56. The molecule has 0 saturated heterocycles. The van der Waals surface area contributed by atoms with Crippen molar-refractivity contribution in [1.82, 2.24) is 4.90 Å². The van der Waals surface area contributed by atoms with E-state index in [-0.39, 0.29) is 17.7 Å². The number of anilines is 1. The highest BCUT2D eigenvalue weighted by Gasteiger charge is 2.26. The lowest BCUT2D eigenvalue weighted by molar-refractivity contribution is -0.137. The predicted octanol–water partition coefficient (Wildman–Crippen LogP) is 4.85. The smallest absolute Gasteiger partial charge is 0.225 e. The molecule has 2 saturated carbocycles. The van der Waals surface area contributed by atoms with Crippen molar-refractivity contribution >= 4 is 17.5 Å². The van der Waals surface area contributed by atoms with Crippen molar-refractivity contribution < 1.29 is 9.59 Å². The fraction of sp³-hybridized carbons (Fsp3) is 0.680. The Morgan fingerprint density at radius 1 is 1.03 bits per heavy atom. The van der Waals surface area contributed by atoms with Gasteiger partial charge < -0.3 is 16.0 Å². The molecule has 0 aromatic heterocycles. The van der Waals surface area contributed by atoms with Gasteiger partial charge in [-0.15, -0.1) is 0 Å². The number of carbonyl (C=O) groups is 2. The van der Waals surface area contributed by atoms with Crippen LogP contribution < -0.4 is 11.1 Å². The molecule has 2 aliphatic carbocycles. The van der Waals surface area contributed by atoms with Gasteiger partial charge in [-0.25, -0.2) is 0 Å². The average molecular weight is 414 g/mol. The molecule has 0 spiro atoms. The third-order valence-electron chi connectivity index (χ3n) is 6.74. The number of hydrogen-bond donors (Lipinski definition) is 2. The van der Waals surface area contributed by atoms with E-state index in [1.807, 2.05) is 29.2 Å². The van der Waals surface area contributed by atoms with E-state index < -0.39 is 0 Å². The van der Waals surface area contributed by atoms with Crippen LogP contribution in [0.15, 0.2) is 24.3 Å². The molecule has 3 N–H and O–H groups in total. The van der Waals surface area contributed by atoms with Gasteiger partial charge in [-0.3, -0.25) is 9.59 Å². The van der Waals surface area contributed by atoms with Crippen LogP contribution in [0, 0.1) is 11.8 Å². The van der Waals surface area contributed by atoms with Crippen LogP contribution in [0.3, 0.4) is 0 Å². The molecular formula is C25H39N3O2. The van der Waals surface area contributed by atoms with Gasteiger partial charge in [-0.1, -0.05) is 57.1 Å². The number of nitrogens with one attached hydrogen (secondary N) is 1. The van der Waals surface area contributed by atoms with Crippen molar-refractivity contribution in [2.75, 3.05) is 18.4 Å². The maximum atomic E-state index is 13.1. The lowest BCUT2D eigenvalue weighted by atomic mass is 9.88. The second-order valence-corrected chi connectivity index (χ2v) is 9.17. The number of amides is 2. The summed E-state index contributed by atoms with van der Waals surface area (Å²) in [6, 6.07) is 7.95. The van der Waals surface area contributed by atoms with Gasteiger partial charge in [0.05, 0.1) is 0 Å². The quantitative estimate of drug-likeness (QED) is 0.575. The first-order valence-corrected chi connectivity index (χ1v) is 12.0. The minimum atomic E-state index is 0.0947. The normalized spacial score (nSPS) is 17.8. The lowest BCUT2D eigenvalue weighted by Gasteiger charge is -2.29. The van der Waals surface area contributed by atoms with E-state index in [1.54, 1.807) is 0 Å². The Hall–Kier alpha value is -1.88. The molecule has 1 aromatic rings. The summed E-state index contributed by atoms with van der Waals surface area (Å²) < 4.78 is 0. The topological polar surface area (TPSA) is 75.4 Å². The fourth-order valence-corrected chi connectivity index (χ4v) is 4.98. The summed E-state index contributed by atoms with van der Waals surface area (Å²) in [4.78, 5) is 27.4. The summed E-state index contributed by atoms with van der Waals surface area (Å²) in [6.45, 7) is 1.87. The number of rotatable bonds is 10. The van der Waals surface area contributed by atoms with Gasteiger partial charge in [-0.2, -0.15) is 0 Å². The van der Waals surface area contributed by atoms with Gasteiger partial charge in [0.15, 0.2) is 0 Å². The van der Waals surface area contributed by atoms with E-state index in [1.165, 1.54) is 32.1 Å². The molecule has 3 rings (SSSR count). The van der Waals surface area contributed by atoms with Gasteiger partial charge in [0.1, 0.15) is 0 Å². The molecule has 5 heteroatoms. The highest BCUT2D eigenvalue weighted by molar-refractivity contribution is 5.90. The van der Waals surface area contributed by atoms with Crippen molar-refractivity contribution in [2.24, 2.45) is 17.6 Å². The van der Waals surface area contributed by atoms with E-state index >= 15 is 0 Å². The summed E-state index contributed by atoms with van der Waals surface area (Å²) in [7, 11) is 0. The minimum Gasteiger partial charge on any atom is -0.338 e. The van der Waals surface area contributed by atoms with Gasteiger partial charge in [-0.05, 0) is 55.8 Å². The summed E-state index contributed by atoms with van der Waals surface area (Å²) >= 11 is 0. The highest BCUT2D eigenvalue weighted by atomic mass is 16.2. The van der Waals surface area contributed by atoms with E-state index in [0.29, 0.717) is 26.1 Å². The van der Waals surface area contributed by atoms with Gasteiger partial charge in [0.2, 0.25) is 11.8 Å². The zero-order valence-electron chi connectivity index (χ0n) is 18.4. The molecule has 0 aliphatic heterocycles. The van der Waals surface area contributed by atoms with Crippen LogP contribution in [0.25, 0.3) is 0 Å². The molecule has 0 heterocycles. The van der Waals surface area contributed by atoms with Crippen LogP contribution in [-0.2, 0) is 16.1 Å². The molecular weight excluding hydrogens is 374 g/mol. The number of nitrogens with zero attached hydrogens (tertiary/aromatic N) is 1. The molecule has 5 nitrogen and oxygen atoms in total. The Kier molecular flexibility index (Phi) is 9.19. The van der Waals surface area contributed by atoms with Crippen molar-refractivity contribution in [3.63, 3.8) is 0 Å². The molecule has 2 amide bonds. The minimum absolute atomic E-state index is 0.0947. The van der Waals surface area contributed by atoms with Crippen LogP contribution in [0.2, 0.25) is 0 Å². The molecule has 2 aliphatic rings. The number of hydrogen-bond acceptors (Lipinski definition) is 3. The third kappa shape index (κ3) is 7.12. The summed E-state index contributed by atoms with van der Waals surface area (Å²) in [5.41, 5.74) is 7.60. The lowest BCUT2D eigenvalue weighted by Crippen LogP contribution is -2.37. The molecule has 0 atom stereocenters. The first-order chi connectivity index (χ1) is 14.7. The monoisotopic (exact) mass is 413 g/mol.